The van der Waals surface area contributed by atoms with Crippen molar-refractivity contribution < 1.29 is 24.2 Å². The highest BCUT2D eigenvalue weighted by molar-refractivity contribution is 5.72. The van der Waals surface area contributed by atoms with Gasteiger partial charge in [-0.25, -0.2) is 0 Å². The standard InChI is InChI=1S/C18H32O5/c1-2-3-4-5-6-7-8-9-10-11-16(20)22-15-18(14-19)13-12-17(21)23-18/h19H,2-15H2,1H3. The number of rotatable bonds is 13. The summed E-state index contributed by atoms with van der Waals surface area (Å²) in [6, 6.07) is 0. The van der Waals surface area contributed by atoms with Crippen molar-refractivity contribution in [3.63, 3.8) is 0 Å². The maximum absolute atomic E-state index is 11.7. The van der Waals surface area contributed by atoms with Gasteiger partial charge in [-0.2, -0.15) is 0 Å². The van der Waals surface area contributed by atoms with Gasteiger partial charge in [0.1, 0.15) is 6.61 Å². The van der Waals surface area contributed by atoms with Gasteiger partial charge in [0, 0.05) is 19.3 Å². The number of aliphatic hydroxyl groups excluding tert-OH is 1. The lowest BCUT2D eigenvalue weighted by atomic mass is 10.0. The molecule has 1 heterocycles. The Labute approximate surface area is 139 Å². The zero-order valence-corrected chi connectivity index (χ0v) is 14.5. The first-order chi connectivity index (χ1) is 11.1. The molecule has 1 unspecified atom stereocenters. The molecule has 0 aromatic rings. The Balaban J connectivity index is 1.99. The summed E-state index contributed by atoms with van der Waals surface area (Å²) in [5.74, 6) is -0.613. The third-order valence-electron chi connectivity index (χ3n) is 4.38. The molecule has 0 saturated carbocycles. The summed E-state index contributed by atoms with van der Waals surface area (Å²) in [5, 5.41) is 9.33. The van der Waals surface area contributed by atoms with Gasteiger partial charge in [0.05, 0.1) is 6.61 Å². The fourth-order valence-electron chi connectivity index (χ4n) is 2.80. The number of cyclic esters (lactones) is 1. The van der Waals surface area contributed by atoms with Crippen LogP contribution in [0.15, 0.2) is 0 Å². The van der Waals surface area contributed by atoms with Gasteiger partial charge in [-0.15, -0.1) is 0 Å². The number of ether oxygens (including phenoxy) is 2. The molecule has 0 spiro atoms. The van der Waals surface area contributed by atoms with Crippen LogP contribution in [-0.2, 0) is 19.1 Å². The molecular weight excluding hydrogens is 296 g/mol. The van der Waals surface area contributed by atoms with E-state index in [1.165, 1.54) is 38.5 Å². The van der Waals surface area contributed by atoms with E-state index in [1.807, 2.05) is 0 Å². The fourth-order valence-corrected chi connectivity index (χ4v) is 2.80. The minimum Gasteiger partial charge on any atom is -0.461 e. The minimum atomic E-state index is -1.01. The highest BCUT2D eigenvalue weighted by atomic mass is 16.6. The lowest BCUT2D eigenvalue weighted by molar-refractivity contribution is -0.166. The second kappa shape index (κ2) is 11.4. The fraction of sp³-hybridized carbons (Fsp3) is 0.889. The Kier molecular flexibility index (Phi) is 9.92. The van der Waals surface area contributed by atoms with Crippen LogP contribution in [0.25, 0.3) is 0 Å². The van der Waals surface area contributed by atoms with E-state index < -0.39 is 5.60 Å². The molecule has 1 N–H and O–H groups in total. The van der Waals surface area contributed by atoms with E-state index in [0.29, 0.717) is 12.8 Å². The van der Waals surface area contributed by atoms with Gasteiger partial charge in [-0.05, 0) is 6.42 Å². The second-order valence-corrected chi connectivity index (χ2v) is 6.55. The molecule has 0 aliphatic carbocycles. The summed E-state index contributed by atoms with van der Waals surface area (Å²) < 4.78 is 10.2. The molecule has 134 valence electrons. The second-order valence-electron chi connectivity index (χ2n) is 6.55. The molecule has 0 radical (unpaired) electrons. The number of carbonyl (C=O) groups excluding carboxylic acids is 2. The lowest BCUT2D eigenvalue weighted by Crippen LogP contribution is -2.39. The normalized spacial score (nSPS) is 20.5. The molecule has 1 saturated heterocycles. The Morgan fingerprint density at radius 3 is 2.26 bits per heavy atom. The maximum Gasteiger partial charge on any atom is 0.306 e. The van der Waals surface area contributed by atoms with Crippen molar-refractivity contribution in [2.75, 3.05) is 13.2 Å². The largest absolute Gasteiger partial charge is 0.461 e. The molecule has 0 bridgehead atoms. The number of aliphatic hydroxyl groups is 1. The predicted molar refractivity (Wildman–Crippen MR) is 87.9 cm³/mol. The quantitative estimate of drug-likeness (QED) is 0.414. The number of hydrogen-bond acceptors (Lipinski definition) is 5. The number of carbonyl (C=O) groups is 2. The van der Waals surface area contributed by atoms with Gasteiger partial charge in [0.15, 0.2) is 5.60 Å². The molecule has 1 atom stereocenters. The van der Waals surface area contributed by atoms with E-state index >= 15 is 0 Å². The summed E-state index contributed by atoms with van der Waals surface area (Å²) in [5.41, 5.74) is -1.01. The first-order valence-electron chi connectivity index (χ1n) is 9.10. The molecule has 1 rings (SSSR count). The molecule has 1 aliphatic heterocycles. The average molecular weight is 328 g/mol. The van der Waals surface area contributed by atoms with Gasteiger partial charge in [-0.3, -0.25) is 9.59 Å². The van der Waals surface area contributed by atoms with Crippen molar-refractivity contribution in [3.05, 3.63) is 0 Å². The number of hydrogen-bond donors (Lipinski definition) is 1. The Morgan fingerprint density at radius 1 is 1.13 bits per heavy atom. The van der Waals surface area contributed by atoms with Crippen LogP contribution in [0.3, 0.4) is 0 Å². The van der Waals surface area contributed by atoms with E-state index in [4.69, 9.17) is 9.47 Å². The number of esters is 2. The van der Waals surface area contributed by atoms with Gasteiger partial charge < -0.3 is 14.6 Å². The van der Waals surface area contributed by atoms with Crippen LogP contribution < -0.4 is 0 Å². The van der Waals surface area contributed by atoms with E-state index in [2.05, 4.69) is 6.92 Å². The Hall–Kier alpha value is -1.10. The summed E-state index contributed by atoms with van der Waals surface area (Å²) in [4.78, 5) is 22.8. The van der Waals surface area contributed by atoms with Gasteiger partial charge >= 0.3 is 11.9 Å². The zero-order valence-electron chi connectivity index (χ0n) is 14.5. The minimum absolute atomic E-state index is 0.0362. The van der Waals surface area contributed by atoms with Crippen molar-refractivity contribution in [2.24, 2.45) is 0 Å². The van der Waals surface area contributed by atoms with E-state index in [-0.39, 0.29) is 31.6 Å². The van der Waals surface area contributed by atoms with Crippen molar-refractivity contribution in [3.8, 4) is 0 Å². The molecule has 0 aromatic carbocycles. The highest BCUT2D eigenvalue weighted by Crippen LogP contribution is 2.26. The summed E-state index contributed by atoms with van der Waals surface area (Å²) >= 11 is 0. The molecule has 0 amide bonds. The molecule has 1 fully saturated rings. The van der Waals surface area contributed by atoms with Crippen LogP contribution in [-0.4, -0.2) is 35.9 Å². The molecular formula is C18H32O5. The third-order valence-corrected chi connectivity index (χ3v) is 4.38. The summed E-state index contributed by atoms with van der Waals surface area (Å²) in [6.07, 6.45) is 11.9. The van der Waals surface area contributed by atoms with Crippen molar-refractivity contribution in [1.82, 2.24) is 0 Å². The number of unbranched alkanes of at least 4 members (excludes halogenated alkanes) is 8. The Bertz CT molecular complexity index is 355. The maximum atomic E-state index is 11.7. The summed E-state index contributed by atoms with van der Waals surface area (Å²) in [6.45, 7) is 1.88. The Morgan fingerprint density at radius 2 is 1.74 bits per heavy atom. The summed E-state index contributed by atoms with van der Waals surface area (Å²) in [7, 11) is 0. The molecule has 1 aliphatic rings. The van der Waals surface area contributed by atoms with E-state index in [0.717, 1.165) is 19.3 Å². The lowest BCUT2D eigenvalue weighted by Gasteiger charge is -2.24. The van der Waals surface area contributed by atoms with Crippen molar-refractivity contribution in [1.29, 1.82) is 0 Å². The smallest absolute Gasteiger partial charge is 0.306 e. The van der Waals surface area contributed by atoms with Gasteiger partial charge in [-0.1, -0.05) is 58.3 Å². The van der Waals surface area contributed by atoms with Gasteiger partial charge in [0.25, 0.3) is 0 Å². The van der Waals surface area contributed by atoms with Crippen LogP contribution in [0.1, 0.15) is 84.0 Å². The third kappa shape index (κ3) is 8.35. The van der Waals surface area contributed by atoms with Crippen LogP contribution in [0.2, 0.25) is 0 Å². The zero-order chi connectivity index (χ0) is 17.0. The molecule has 5 nitrogen and oxygen atoms in total. The van der Waals surface area contributed by atoms with Crippen LogP contribution in [0.4, 0.5) is 0 Å². The first kappa shape index (κ1) is 19.9. The van der Waals surface area contributed by atoms with Crippen molar-refractivity contribution in [2.45, 2.75) is 89.6 Å². The molecule has 23 heavy (non-hydrogen) atoms. The van der Waals surface area contributed by atoms with E-state index in [9.17, 15) is 14.7 Å². The van der Waals surface area contributed by atoms with Crippen LogP contribution in [0.5, 0.6) is 0 Å². The van der Waals surface area contributed by atoms with Gasteiger partial charge in [0.2, 0.25) is 0 Å². The monoisotopic (exact) mass is 328 g/mol. The SMILES string of the molecule is CCCCCCCCCCCC(=O)OCC1(CO)CCC(=O)O1. The van der Waals surface area contributed by atoms with E-state index in [1.54, 1.807) is 0 Å². The van der Waals surface area contributed by atoms with Crippen LogP contribution >= 0.6 is 0 Å². The molecule has 5 heteroatoms. The highest BCUT2D eigenvalue weighted by Gasteiger charge is 2.41. The van der Waals surface area contributed by atoms with Crippen molar-refractivity contribution >= 4 is 11.9 Å². The molecule has 0 aromatic heterocycles. The first-order valence-corrected chi connectivity index (χ1v) is 9.10. The topological polar surface area (TPSA) is 72.8 Å². The average Bonchev–Trinajstić information content (AvgIpc) is 2.93. The van der Waals surface area contributed by atoms with Crippen LogP contribution in [0, 0.1) is 0 Å². The predicted octanol–water partition coefficient (Wildman–Crippen LogP) is 3.52.